The number of hydrogen-bond donors (Lipinski definition) is 1. The first-order valence-corrected chi connectivity index (χ1v) is 8.89. The molecular weight excluding hydrogens is 334 g/mol. The molecule has 1 atom stereocenters. The average molecular weight is 360 g/mol. The zero-order valence-electron chi connectivity index (χ0n) is 14.9. The van der Waals surface area contributed by atoms with E-state index in [0.717, 1.165) is 24.9 Å². The first kappa shape index (κ1) is 19.4. The van der Waals surface area contributed by atoms with Gasteiger partial charge in [0, 0.05) is 12.6 Å². The van der Waals surface area contributed by atoms with Gasteiger partial charge >= 0.3 is 0 Å². The summed E-state index contributed by atoms with van der Waals surface area (Å²) in [6, 6.07) is 14.8. The monoisotopic (exact) mass is 359 g/mol. The van der Waals surface area contributed by atoms with Gasteiger partial charge in [-0.05, 0) is 43.0 Å². The van der Waals surface area contributed by atoms with E-state index in [-0.39, 0.29) is 0 Å². The van der Waals surface area contributed by atoms with Crippen LogP contribution < -0.4 is 14.8 Å². The fourth-order valence-corrected chi connectivity index (χ4v) is 2.87. The maximum atomic E-state index is 6.34. The van der Waals surface area contributed by atoms with Crippen molar-refractivity contribution in [3.05, 3.63) is 71.3 Å². The standard InChI is InChI=1S/C21H26ClNO2/c1-4-12-25-21-19(22)13-18(14-20(21)24-3)15-23-16(2)10-11-17-8-6-5-7-9-17/h4-9,13-14,16,23H,1,10-12,15H2,2-3H3. The first-order valence-electron chi connectivity index (χ1n) is 8.51. The van der Waals surface area contributed by atoms with E-state index in [1.54, 1.807) is 13.2 Å². The molecule has 0 amide bonds. The lowest BCUT2D eigenvalue weighted by Gasteiger charge is -2.16. The Labute approximate surface area is 155 Å². The largest absolute Gasteiger partial charge is 0.493 e. The van der Waals surface area contributed by atoms with Gasteiger partial charge in [-0.15, -0.1) is 0 Å². The Morgan fingerprint density at radius 2 is 1.96 bits per heavy atom. The van der Waals surface area contributed by atoms with Crippen LogP contribution in [0.2, 0.25) is 5.02 Å². The smallest absolute Gasteiger partial charge is 0.180 e. The quantitative estimate of drug-likeness (QED) is 0.604. The van der Waals surface area contributed by atoms with Crippen LogP contribution in [0.25, 0.3) is 0 Å². The summed E-state index contributed by atoms with van der Waals surface area (Å²) in [6.07, 6.45) is 3.82. The second-order valence-electron chi connectivity index (χ2n) is 6.01. The molecule has 0 spiro atoms. The van der Waals surface area contributed by atoms with E-state index in [4.69, 9.17) is 21.1 Å². The molecule has 0 radical (unpaired) electrons. The highest BCUT2D eigenvalue weighted by molar-refractivity contribution is 6.32. The number of nitrogens with one attached hydrogen (secondary N) is 1. The zero-order valence-corrected chi connectivity index (χ0v) is 15.7. The highest BCUT2D eigenvalue weighted by Gasteiger charge is 2.12. The predicted octanol–water partition coefficient (Wildman–Crippen LogP) is 5.02. The highest BCUT2D eigenvalue weighted by Crippen LogP contribution is 2.36. The number of halogens is 1. The van der Waals surface area contributed by atoms with Gasteiger partial charge in [0.05, 0.1) is 12.1 Å². The zero-order chi connectivity index (χ0) is 18.1. The van der Waals surface area contributed by atoms with Crippen molar-refractivity contribution in [3.8, 4) is 11.5 Å². The van der Waals surface area contributed by atoms with Gasteiger partial charge < -0.3 is 14.8 Å². The minimum atomic E-state index is 0.393. The molecule has 0 saturated carbocycles. The third-order valence-electron chi connectivity index (χ3n) is 4.00. The van der Waals surface area contributed by atoms with Gasteiger partial charge in [0.2, 0.25) is 0 Å². The molecule has 3 nitrogen and oxygen atoms in total. The Morgan fingerprint density at radius 3 is 2.64 bits per heavy atom. The molecule has 0 fully saturated rings. The van der Waals surface area contributed by atoms with Crippen molar-refractivity contribution in [3.63, 3.8) is 0 Å². The van der Waals surface area contributed by atoms with E-state index in [1.807, 2.05) is 18.2 Å². The minimum absolute atomic E-state index is 0.393. The minimum Gasteiger partial charge on any atom is -0.493 e. The van der Waals surface area contributed by atoms with Gasteiger partial charge in [-0.25, -0.2) is 0 Å². The lowest BCUT2D eigenvalue weighted by atomic mass is 10.1. The molecule has 0 heterocycles. The van der Waals surface area contributed by atoms with E-state index in [2.05, 4.69) is 43.1 Å². The SMILES string of the molecule is C=CCOc1c(Cl)cc(CNC(C)CCc2ccccc2)cc1OC. The maximum absolute atomic E-state index is 6.34. The van der Waals surface area contributed by atoms with E-state index in [1.165, 1.54) is 5.56 Å². The fraction of sp³-hybridized carbons (Fsp3) is 0.333. The molecule has 2 rings (SSSR count). The van der Waals surface area contributed by atoms with Crippen molar-refractivity contribution >= 4 is 11.6 Å². The maximum Gasteiger partial charge on any atom is 0.180 e. The van der Waals surface area contributed by atoms with Gasteiger partial charge in [-0.1, -0.05) is 54.6 Å². The second kappa shape index (κ2) is 10.1. The van der Waals surface area contributed by atoms with E-state index in [9.17, 15) is 0 Å². The summed E-state index contributed by atoms with van der Waals surface area (Å²) in [5.41, 5.74) is 2.43. The van der Waals surface area contributed by atoms with E-state index < -0.39 is 0 Å². The lowest BCUT2D eigenvalue weighted by molar-refractivity contribution is 0.326. The molecule has 2 aromatic carbocycles. The van der Waals surface area contributed by atoms with Crippen LogP contribution in [0.3, 0.4) is 0 Å². The molecular formula is C21H26ClNO2. The lowest BCUT2D eigenvalue weighted by Crippen LogP contribution is -2.26. The molecule has 0 aliphatic heterocycles. The molecule has 1 unspecified atom stereocenters. The third-order valence-corrected chi connectivity index (χ3v) is 4.28. The van der Waals surface area contributed by atoms with Crippen LogP contribution >= 0.6 is 11.6 Å². The highest BCUT2D eigenvalue weighted by atomic mass is 35.5. The number of ether oxygens (including phenoxy) is 2. The molecule has 0 aliphatic carbocycles. The number of rotatable bonds is 10. The number of aryl methyl sites for hydroxylation is 1. The van der Waals surface area contributed by atoms with Crippen molar-refractivity contribution in [2.45, 2.75) is 32.4 Å². The normalized spacial score (nSPS) is 11.8. The summed E-state index contributed by atoms with van der Waals surface area (Å²) >= 11 is 6.34. The van der Waals surface area contributed by atoms with Crippen LogP contribution in [0.1, 0.15) is 24.5 Å². The van der Waals surface area contributed by atoms with Crippen LogP contribution in [0.4, 0.5) is 0 Å². The summed E-state index contributed by atoms with van der Waals surface area (Å²) in [4.78, 5) is 0. The predicted molar refractivity (Wildman–Crippen MR) is 105 cm³/mol. The Morgan fingerprint density at radius 1 is 1.20 bits per heavy atom. The van der Waals surface area contributed by atoms with Crippen LogP contribution in [0, 0.1) is 0 Å². The Balaban J connectivity index is 1.91. The molecule has 1 N–H and O–H groups in total. The molecule has 0 aliphatic rings. The number of methoxy groups -OCH3 is 1. The van der Waals surface area contributed by atoms with Crippen molar-refractivity contribution in [2.75, 3.05) is 13.7 Å². The molecule has 4 heteroatoms. The van der Waals surface area contributed by atoms with Crippen molar-refractivity contribution in [1.82, 2.24) is 5.32 Å². The summed E-state index contributed by atoms with van der Waals surface area (Å²) in [7, 11) is 1.62. The first-order chi connectivity index (χ1) is 12.1. The topological polar surface area (TPSA) is 30.5 Å². The van der Waals surface area contributed by atoms with Gasteiger partial charge in [0.25, 0.3) is 0 Å². The van der Waals surface area contributed by atoms with Gasteiger partial charge in [-0.3, -0.25) is 0 Å². The molecule has 0 saturated heterocycles. The third kappa shape index (κ3) is 6.11. The van der Waals surface area contributed by atoms with Gasteiger partial charge in [0.1, 0.15) is 6.61 Å². The Kier molecular flexibility index (Phi) is 7.83. The average Bonchev–Trinajstić information content (AvgIpc) is 2.64. The summed E-state index contributed by atoms with van der Waals surface area (Å²) in [5, 5.41) is 4.09. The second-order valence-corrected chi connectivity index (χ2v) is 6.42. The van der Waals surface area contributed by atoms with Gasteiger partial charge in [-0.2, -0.15) is 0 Å². The Hall–Kier alpha value is -1.97. The van der Waals surface area contributed by atoms with E-state index in [0.29, 0.717) is 29.2 Å². The van der Waals surface area contributed by atoms with Crippen molar-refractivity contribution in [1.29, 1.82) is 0 Å². The fourth-order valence-electron chi connectivity index (χ4n) is 2.58. The molecule has 0 bridgehead atoms. The number of hydrogen-bond acceptors (Lipinski definition) is 3. The number of benzene rings is 2. The molecule has 25 heavy (non-hydrogen) atoms. The van der Waals surface area contributed by atoms with Crippen LogP contribution in [-0.2, 0) is 13.0 Å². The van der Waals surface area contributed by atoms with Crippen molar-refractivity contribution < 1.29 is 9.47 Å². The summed E-state index contributed by atoms with van der Waals surface area (Å²) in [6.45, 7) is 6.97. The van der Waals surface area contributed by atoms with E-state index >= 15 is 0 Å². The van der Waals surface area contributed by atoms with Gasteiger partial charge in [0.15, 0.2) is 11.5 Å². The Bertz CT molecular complexity index is 673. The van der Waals surface area contributed by atoms with Crippen LogP contribution in [0.15, 0.2) is 55.1 Å². The summed E-state index contributed by atoms with van der Waals surface area (Å²) < 4.78 is 11.0. The molecule has 134 valence electrons. The summed E-state index contributed by atoms with van der Waals surface area (Å²) in [5.74, 6) is 1.20. The van der Waals surface area contributed by atoms with Crippen LogP contribution in [-0.4, -0.2) is 19.8 Å². The molecule has 0 aromatic heterocycles. The van der Waals surface area contributed by atoms with Crippen LogP contribution in [0.5, 0.6) is 11.5 Å². The van der Waals surface area contributed by atoms with Crippen molar-refractivity contribution in [2.24, 2.45) is 0 Å². The molecule has 2 aromatic rings.